The number of rotatable bonds is 8. The second-order valence-corrected chi connectivity index (χ2v) is 7.94. The molecule has 5 nitrogen and oxygen atoms in total. The van der Waals surface area contributed by atoms with Crippen molar-refractivity contribution in [2.45, 2.75) is 32.7 Å². The van der Waals surface area contributed by atoms with E-state index < -0.39 is 18.1 Å². The lowest BCUT2D eigenvalue weighted by Crippen LogP contribution is -2.46. The lowest BCUT2D eigenvalue weighted by atomic mass is 9.96. The van der Waals surface area contributed by atoms with Crippen LogP contribution in [-0.2, 0) is 11.2 Å². The van der Waals surface area contributed by atoms with Gasteiger partial charge in [0.25, 0.3) is 0 Å². The van der Waals surface area contributed by atoms with Gasteiger partial charge in [0.2, 0.25) is 0 Å². The fourth-order valence-corrected chi connectivity index (χ4v) is 3.81. The zero-order valence-corrected chi connectivity index (χ0v) is 17.3. The van der Waals surface area contributed by atoms with Gasteiger partial charge in [-0.25, -0.2) is 9.59 Å². The molecule has 0 heterocycles. The molecular weight excluding hydrogens is 378 g/mol. The maximum Gasteiger partial charge on any atom is 0.408 e. The van der Waals surface area contributed by atoms with Crippen molar-refractivity contribution in [2.75, 3.05) is 6.54 Å². The molecule has 1 atom stereocenters. The average molecular weight is 405 g/mol. The van der Waals surface area contributed by atoms with Crippen LogP contribution >= 0.6 is 0 Å². The van der Waals surface area contributed by atoms with Gasteiger partial charge in [-0.1, -0.05) is 80.6 Å². The van der Waals surface area contributed by atoms with Gasteiger partial charge in [0.15, 0.2) is 0 Å². The summed E-state index contributed by atoms with van der Waals surface area (Å²) in [5.41, 5.74) is 3.15. The van der Waals surface area contributed by atoms with Crippen LogP contribution in [0.4, 0.5) is 4.79 Å². The van der Waals surface area contributed by atoms with E-state index in [1.54, 1.807) is 0 Å². The van der Waals surface area contributed by atoms with Gasteiger partial charge in [-0.05, 0) is 46.2 Å². The molecule has 0 aliphatic carbocycles. The maximum atomic E-state index is 11.7. The van der Waals surface area contributed by atoms with E-state index in [9.17, 15) is 19.8 Å². The van der Waals surface area contributed by atoms with Gasteiger partial charge in [0.05, 0.1) is 0 Å². The third-order valence-corrected chi connectivity index (χ3v) is 5.27. The fraction of sp³-hybridized carbons (Fsp3) is 0.280. The van der Waals surface area contributed by atoms with Crippen LogP contribution in [0, 0.1) is 5.92 Å². The summed E-state index contributed by atoms with van der Waals surface area (Å²) in [5, 5.41) is 21.4. The van der Waals surface area contributed by atoms with Crippen molar-refractivity contribution in [1.82, 2.24) is 4.90 Å². The molecule has 0 bridgehead atoms. The van der Waals surface area contributed by atoms with Gasteiger partial charge in [0.1, 0.15) is 6.04 Å². The van der Waals surface area contributed by atoms with Gasteiger partial charge in [-0.3, -0.25) is 4.90 Å². The molecule has 30 heavy (non-hydrogen) atoms. The Kier molecular flexibility index (Phi) is 6.72. The van der Waals surface area contributed by atoms with Crippen molar-refractivity contribution in [2.24, 2.45) is 5.92 Å². The summed E-state index contributed by atoms with van der Waals surface area (Å²) in [4.78, 5) is 24.4. The van der Waals surface area contributed by atoms with E-state index in [1.165, 1.54) is 0 Å². The first-order valence-electron chi connectivity index (χ1n) is 10.2. The van der Waals surface area contributed by atoms with Gasteiger partial charge >= 0.3 is 12.1 Å². The summed E-state index contributed by atoms with van der Waals surface area (Å²) in [6.07, 6.45) is -0.460. The van der Waals surface area contributed by atoms with Crippen LogP contribution in [0.25, 0.3) is 21.9 Å². The van der Waals surface area contributed by atoms with Crippen molar-refractivity contribution in [3.05, 3.63) is 72.3 Å². The molecule has 0 fully saturated rings. The minimum absolute atomic E-state index is 0.0858. The minimum Gasteiger partial charge on any atom is -0.480 e. The zero-order chi connectivity index (χ0) is 21.7. The van der Waals surface area contributed by atoms with Gasteiger partial charge in [0, 0.05) is 6.54 Å². The summed E-state index contributed by atoms with van der Waals surface area (Å²) in [6.45, 7) is 3.92. The Morgan fingerprint density at radius 1 is 0.933 bits per heavy atom. The Balaban J connectivity index is 1.84. The van der Waals surface area contributed by atoms with E-state index in [2.05, 4.69) is 30.3 Å². The molecular formula is C25H27NO4. The second kappa shape index (κ2) is 9.44. The number of carbonyl (C=O) groups is 2. The monoisotopic (exact) mass is 405 g/mol. The molecule has 0 saturated heterocycles. The lowest BCUT2D eigenvalue weighted by Gasteiger charge is -2.27. The maximum absolute atomic E-state index is 11.7. The summed E-state index contributed by atoms with van der Waals surface area (Å²) in [5.74, 6) is -1.02. The van der Waals surface area contributed by atoms with E-state index in [0.29, 0.717) is 6.42 Å². The number of hydrogen-bond acceptors (Lipinski definition) is 2. The Labute approximate surface area is 176 Å². The largest absolute Gasteiger partial charge is 0.480 e. The first-order valence-corrected chi connectivity index (χ1v) is 10.2. The Bertz CT molecular complexity index is 1040. The predicted octanol–water partition coefficient (Wildman–Crippen LogP) is 5.53. The van der Waals surface area contributed by atoms with E-state index in [4.69, 9.17) is 0 Å². The predicted molar refractivity (Wildman–Crippen MR) is 119 cm³/mol. The second-order valence-electron chi connectivity index (χ2n) is 7.94. The number of carboxylic acid groups (broad SMARTS) is 2. The molecule has 0 aliphatic rings. The highest BCUT2D eigenvalue weighted by Crippen LogP contribution is 2.29. The van der Waals surface area contributed by atoms with Crippen molar-refractivity contribution in [1.29, 1.82) is 0 Å². The Hall–Kier alpha value is -3.34. The molecule has 5 heteroatoms. The zero-order valence-electron chi connectivity index (χ0n) is 17.3. The van der Waals surface area contributed by atoms with Crippen LogP contribution < -0.4 is 0 Å². The van der Waals surface area contributed by atoms with Gasteiger partial charge < -0.3 is 10.2 Å². The number of carboxylic acids is 1. The molecule has 1 amide bonds. The summed E-state index contributed by atoms with van der Waals surface area (Å²) in [7, 11) is 0. The average Bonchev–Trinajstić information content (AvgIpc) is 2.72. The van der Waals surface area contributed by atoms with Crippen LogP contribution in [0.2, 0.25) is 0 Å². The molecule has 2 N–H and O–H groups in total. The normalized spacial score (nSPS) is 12.1. The first kappa shape index (κ1) is 21.4. The molecule has 1 unspecified atom stereocenters. The lowest BCUT2D eigenvalue weighted by molar-refractivity contribution is -0.143. The van der Waals surface area contributed by atoms with Crippen LogP contribution in [0.5, 0.6) is 0 Å². The van der Waals surface area contributed by atoms with Crippen molar-refractivity contribution >= 4 is 22.8 Å². The molecule has 0 aliphatic heterocycles. The van der Waals surface area contributed by atoms with Crippen LogP contribution in [0.3, 0.4) is 0 Å². The van der Waals surface area contributed by atoms with E-state index in [0.717, 1.165) is 32.4 Å². The first-order chi connectivity index (χ1) is 14.4. The molecule has 0 saturated carbocycles. The molecule has 0 radical (unpaired) electrons. The van der Waals surface area contributed by atoms with Crippen molar-refractivity contribution in [3.8, 4) is 11.1 Å². The third kappa shape index (κ3) is 4.98. The van der Waals surface area contributed by atoms with E-state index in [-0.39, 0.29) is 18.9 Å². The van der Waals surface area contributed by atoms with Gasteiger partial charge in [-0.15, -0.1) is 0 Å². The van der Waals surface area contributed by atoms with Crippen molar-refractivity contribution < 1.29 is 19.8 Å². The highest BCUT2D eigenvalue weighted by Gasteiger charge is 2.29. The fourth-order valence-electron chi connectivity index (χ4n) is 3.81. The van der Waals surface area contributed by atoms with E-state index >= 15 is 0 Å². The quantitative estimate of drug-likeness (QED) is 0.517. The van der Waals surface area contributed by atoms with Crippen LogP contribution in [0.15, 0.2) is 66.7 Å². The van der Waals surface area contributed by atoms with Crippen molar-refractivity contribution in [3.63, 3.8) is 0 Å². The standard InChI is InChI=1S/C25H27NO4/c1-17(2)15-23(24(27)28)26(25(29)30)14-13-18-7-5-10-20(16-18)22-12-6-9-19-8-3-4-11-21(19)22/h3-12,16-17,23H,13-15H2,1-2H3,(H,27,28)(H,29,30). The Morgan fingerprint density at radius 3 is 2.33 bits per heavy atom. The number of benzene rings is 3. The molecule has 156 valence electrons. The topological polar surface area (TPSA) is 77.8 Å². The Morgan fingerprint density at radius 2 is 1.63 bits per heavy atom. The highest BCUT2D eigenvalue weighted by atomic mass is 16.4. The minimum atomic E-state index is -1.20. The van der Waals surface area contributed by atoms with E-state index in [1.807, 2.05) is 50.2 Å². The molecule has 3 aromatic rings. The molecule has 0 aromatic heterocycles. The summed E-state index contributed by atoms with van der Waals surface area (Å²) in [6, 6.07) is 21.3. The molecule has 0 spiro atoms. The highest BCUT2D eigenvalue weighted by molar-refractivity contribution is 5.96. The van der Waals surface area contributed by atoms with Crippen LogP contribution in [0.1, 0.15) is 25.8 Å². The van der Waals surface area contributed by atoms with Gasteiger partial charge in [-0.2, -0.15) is 0 Å². The number of aliphatic carboxylic acids is 1. The van der Waals surface area contributed by atoms with Crippen LogP contribution in [-0.4, -0.2) is 39.8 Å². The smallest absolute Gasteiger partial charge is 0.408 e. The summed E-state index contributed by atoms with van der Waals surface area (Å²) >= 11 is 0. The number of nitrogens with zero attached hydrogens (tertiary/aromatic N) is 1. The molecule has 3 rings (SSSR count). The number of amides is 1. The number of fused-ring (bicyclic) bond motifs is 1. The third-order valence-electron chi connectivity index (χ3n) is 5.27. The molecule has 3 aromatic carbocycles. The number of hydrogen-bond donors (Lipinski definition) is 2. The SMILES string of the molecule is CC(C)CC(C(=O)O)N(CCc1cccc(-c2cccc3ccccc23)c1)C(=O)O. The summed E-state index contributed by atoms with van der Waals surface area (Å²) < 4.78 is 0.